The van der Waals surface area contributed by atoms with Crippen molar-refractivity contribution in [3.63, 3.8) is 0 Å². The summed E-state index contributed by atoms with van der Waals surface area (Å²) in [7, 11) is 1.49. The zero-order valence-electron chi connectivity index (χ0n) is 8.05. The Balaban J connectivity index is 4.19. The van der Waals surface area contributed by atoms with Crippen molar-refractivity contribution < 1.29 is 18.7 Å². The summed E-state index contributed by atoms with van der Waals surface area (Å²) in [4.78, 5) is 11.4. The van der Waals surface area contributed by atoms with Crippen LogP contribution in [0, 0.1) is 0 Å². The molecular formula is C8H15F2NO2. The maximum atomic E-state index is 12.7. The summed E-state index contributed by atoms with van der Waals surface area (Å²) in [6.45, 7) is 2.90. The molecule has 0 aliphatic rings. The predicted molar refractivity (Wildman–Crippen MR) is 45.0 cm³/mol. The summed E-state index contributed by atoms with van der Waals surface area (Å²) in [6.07, 6.45) is 0.714. The number of nitrogens with zero attached hydrogens (tertiary/aromatic N) is 1. The van der Waals surface area contributed by atoms with Crippen LogP contribution in [0.15, 0.2) is 0 Å². The fraction of sp³-hybridized carbons (Fsp3) is 0.875. The summed E-state index contributed by atoms with van der Waals surface area (Å²) in [5, 5.41) is 8.17. The minimum Gasteiger partial charge on any atom is -0.477 e. The first-order chi connectivity index (χ1) is 5.81. The normalized spacial score (nSPS) is 14.6. The number of alkyl halides is 2. The topological polar surface area (TPSA) is 40.5 Å². The molecule has 0 saturated carbocycles. The van der Waals surface area contributed by atoms with E-state index < -0.39 is 18.4 Å². The van der Waals surface area contributed by atoms with Gasteiger partial charge in [-0.25, -0.2) is 4.79 Å². The molecule has 5 heteroatoms. The molecule has 0 heterocycles. The Bertz CT molecular complexity index is 185. The van der Waals surface area contributed by atoms with Crippen molar-refractivity contribution >= 4 is 5.97 Å². The third-order valence-corrected chi connectivity index (χ3v) is 2.10. The van der Waals surface area contributed by atoms with Crippen molar-refractivity contribution in [2.75, 3.05) is 13.6 Å². The Morgan fingerprint density at radius 1 is 1.62 bits per heavy atom. The molecule has 0 aromatic rings. The molecule has 0 radical (unpaired) electrons. The molecule has 1 unspecified atom stereocenters. The molecule has 0 bridgehead atoms. The van der Waals surface area contributed by atoms with Crippen LogP contribution in [0.2, 0.25) is 0 Å². The zero-order valence-corrected chi connectivity index (χ0v) is 8.05. The number of carbonyl (C=O) groups is 1. The number of aliphatic carboxylic acids is 1. The van der Waals surface area contributed by atoms with Gasteiger partial charge in [0, 0.05) is 6.04 Å². The van der Waals surface area contributed by atoms with E-state index >= 15 is 0 Å². The van der Waals surface area contributed by atoms with Gasteiger partial charge in [-0.2, -0.15) is 8.78 Å². The van der Waals surface area contributed by atoms with Gasteiger partial charge in [-0.3, -0.25) is 4.90 Å². The van der Waals surface area contributed by atoms with Gasteiger partial charge in [0.25, 0.3) is 0 Å². The largest absolute Gasteiger partial charge is 0.477 e. The van der Waals surface area contributed by atoms with Crippen LogP contribution in [-0.4, -0.2) is 41.5 Å². The third-order valence-electron chi connectivity index (χ3n) is 2.10. The van der Waals surface area contributed by atoms with Crippen LogP contribution in [0.25, 0.3) is 0 Å². The van der Waals surface area contributed by atoms with Crippen molar-refractivity contribution in [1.29, 1.82) is 0 Å². The number of carboxylic acid groups (broad SMARTS) is 1. The second kappa shape index (κ2) is 4.50. The molecule has 0 spiro atoms. The second-order valence-corrected chi connectivity index (χ2v) is 3.18. The van der Waals surface area contributed by atoms with Crippen molar-refractivity contribution in [1.82, 2.24) is 4.90 Å². The summed E-state index contributed by atoms with van der Waals surface area (Å²) < 4.78 is 25.3. The van der Waals surface area contributed by atoms with E-state index in [1.54, 1.807) is 6.92 Å². The molecule has 0 fully saturated rings. The molecule has 78 valence electrons. The molecule has 1 N–H and O–H groups in total. The lowest BCUT2D eigenvalue weighted by atomic mass is 10.2. The van der Waals surface area contributed by atoms with Gasteiger partial charge in [-0.05, 0) is 20.4 Å². The lowest BCUT2D eigenvalue weighted by Crippen LogP contribution is -2.43. The van der Waals surface area contributed by atoms with Crippen molar-refractivity contribution in [2.24, 2.45) is 0 Å². The average molecular weight is 195 g/mol. The van der Waals surface area contributed by atoms with E-state index in [4.69, 9.17) is 5.11 Å². The fourth-order valence-corrected chi connectivity index (χ4v) is 0.848. The van der Waals surface area contributed by atoms with Crippen LogP contribution in [0.1, 0.15) is 20.3 Å². The van der Waals surface area contributed by atoms with E-state index in [1.807, 2.05) is 6.92 Å². The highest BCUT2D eigenvalue weighted by molar-refractivity contribution is 5.75. The van der Waals surface area contributed by atoms with Crippen LogP contribution in [0.4, 0.5) is 8.78 Å². The van der Waals surface area contributed by atoms with Gasteiger partial charge < -0.3 is 5.11 Å². The van der Waals surface area contributed by atoms with Gasteiger partial charge in [-0.15, -0.1) is 0 Å². The first kappa shape index (κ1) is 12.3. The number of hydrogen-bond donors (Lipinski definition) is 1. The minimum atomic E-state index is -3.65. The molecule has 0 rings (SSSR count). The monoisotopic (exact) mass is 195 g/mol. The highest BCUT2D eigenvalue weighted by Crippen LogP contribution is 2.16. The Labute approximate surface area is 76.3 Å². The Morgan fingerprint density at radius 2 is 2.08 bits per heavy atom. The van der Waals surface area contributed by atoms with E-state index in [1.165, 1.54) is 11.9 Å². The third kappa shape index (κ3) is 3.67. The standard InChI is InChI=1S/C8H15F2NO2/c1-4-6(2)11(3)5-8(9,10)7(12)13/h6H,4-5H2,1-3H3,(H,12,13). The summed E-state index contributed by atoms with van der Waals surface area (Å²) >= 11 is 0. The average Bonchev–Trinajstić information content (AvgIpc) is 2.01. The minimum absolute atomic E-state index is 0.0368. The molecule has 1 atom stereocenters. The van der Waals surface area contributed by atoms with E-state index in [0.717, 1.165) is 0 Å². The number of halogens is 2. The van der Waals surface area contributed by atoms with Crippen LogP contribution >= 0.6 is 0 Å². The van der Waals surface area contributed by atoms with Gasteiger partial charge in [0.15, 0.2) is 0 Å². The van der Waals surface area contributed by atoms with Crippen LogP contribution in [0.5, 0.6) is 0 Å². The first-order valence-electron chi connectivity index (χ1n) is 4.12. The highest BCUT2D eigenvalue weighted by atomic mass is 19.3. The van der Waals surface area contributed by atoms with E-state index in [-0.39, 0.29) is 6.04 Å². The van der Waals surface area contributed by atoms with Crippen molar-refractivity contribution in [3.8, 4) is 0 Å². The van der Waals surface area contributed by atoms with E-state index in [2.05, 4.69) is 0 Å². The van der Waals surface area contributed by atoms with Crippen LogP contribution < -0.4 is 0 Å². The molecule has 0 saturated heterocycles. The molecule has 0 aromatic carbocycles. The van der Waals surface area contributed by atoms with Gasteiger partial charge in [0.05, 0.1) is 6.54 Å². The molecule has 13 heavy (non-hydrogen) atoms. The highest BCUT2D eigenvalue weighted by Gasteiger charge is 2.40. The molecule has 0 aromatic heterocycles. The number of carboxylic acids is 1. The first-order valence-corrected chi connectivity index (χ1v) is 4.12. The van der Waals surface area contributed by atoms with E-state index in [9.17, 15) is 13.6 Å². The van der Waals surface area contributed by atoms with Gasteiger partial charge >= 0.3 is 11.9 Å². The molecular weight excluding hydrogens is 180 g/mol. The summed E-state index contributed by atoms with van der Waals surface area (Å²) in [5.74, 6) is -5.72. The van der Waals surface area contributed by atoms with Gasteiger partial charge in [0.1, 0.15) is 0 Å². The smallest absolute Gasteiger partial charge is 0.375 e. The maximum Gasteiger partial charge on any atom is 0.375 e. The lowest BCUT2D eigenvalue weighted by molar-refractivity contribution is -0.167. The summed E-state index contributed by atoms with van der Waals surface area (Å²) in [5.41, 5.74) is 0. The number of rotatable bonds is 5. The Hall–Kier alpha value is -0.710. The number of hydrogen-bond acceptors (Lipinski definition) is 2. The SMILES string of the molecule is CCC(C)N(C)CC(F)(F)C(=O)O. The molecule has 0 aliphatic heterocycles. The zero-order chi connectivity index (χ0) is 10.6. The Morgan fingerprint density at radius 3 is 2.38 bits per heavy atom. The molecule has 0 amide bonds. The van der Waals surface area contributed by atoms with Crippen LogP contribution in [-0.2, 0) is 4.79 Å². The molecule has 0 aliphatic carbocycles. The van der Waals surface area contributed by atoms with Crippen LogP contribution in [0.3, 0.4) is 0 Å². The van der Waals surface area contributed by atoms with Gasteiger partial charge in [-0.1, -0.05) is 6.92 Å². The molecule has 3 nitrogen and oxygen atoms in total. The fourth-order valence-electron chi connectivity index (χ4n) is 0.848. The van der Waals surface area contributed by atoms with Gasteiger partial charge in [0.2, 0.25) is 0 Å². The predicted octanol–water partition coefficient (Wildman–Crippen LogP) is 1.44. The maximum absolute atomic E-state index is 12.7. The van der Waals surface area contributed by atoms with Crippen molar-refractivity contribution in [2.45, 2.75) is 32.2 Å². The summed E-state index contributed by atoms with van der Waals surface area (Å²) in [6, 6.07) is -0.0368. The Kier molecular flexibility index (Phi) is 4.26. The second-order valence-electron chi connectivity index (χ2n) is 3.18. The van der Waals surface area contributed by atoms with E-state index in [0.29, 0.717) is 6.42 Å². The lowest BCUT2D eigenvalue weighted by Gasteiger charge is -2.25. The quantitative estimate of drug-likeness (QED) is 0.721. The van der Waals surface area contributed by atoms with Crippen molar-refractivity contribution in [3.05, 3.63) is 0 Å².